The van der Waals surface area contributed by atoms with E-state index in [0.717, 1.165) is 25.7 Å². The van der Waals surface area contributed by atoms with Crippen LogP contribution in [-0.2, 0) is 4.79 Å². The van der Waals surface area contributed by atoms with E-state index in [-0.39, 0.29) is 23.6 Å². The Balaban J connectivity index is 1.70. The number of nitrogens with zero attached hydrogens (tertiary/aromatic N) is 1. The summed E-state index contributed by atoms with van der Waals surface area (Å²) < 4.78 is 0. The van der Waals surface area contributed by atoms with Crippen molar-refractivity contribution in [3.63, 3.8) is 0 Å². The molecule has 1 aromatic heterocycles. The summed E-state index contributed by atoms with van der Waals surface area (Å²) >= 11 is 6.17. The highest BCUT2D eigenvalue weighted by molar-refractivity contribution is 6.32. The van der Waals surface area contributed by atoms with E-state index in [1.54, 1.807) is 13.8 Å². The second-order valence-electron chi connectivity index (χ2n) is 7.46. The Morgan fingerprint density at radius 2 is 1.81 bits per heavy atom. The van der Waals surface area contributed by atoms with Crippen molar-refractivity contribution in [2.24, 2.45) is 0 Å². The van der Waals surface area contributed by atoms with E-state index in [2.05, 4.69) is 10.3 Å². The number of carbonyl (C=O) groups excluding carboxylic acids is 2. The first-order valence-corrected chi connectivity index (χ1v) is 9.75. The summed E-state index contributed by atoms with van der Waals surface area (Å²) in [6.07, 6.45) is 7.14. The van der Waals surface area contributed by atoms with Crippen LogP contribution in [0, 0.1) is 13.8 Å². The van der Waals surface area contributed by atoms with Crippen LogP contribution in [0.5, 0.6) is 0 Å². The molecule has 1 saturated heterocycles. The number of H-pyrrole nitrogens is 1. The molecule has 1 aromatic rings. The van der Waals surface area contributed by atoms with Crippen molar-refractivity contribution in [3.8, 4) is 0 Å². The van der Waals surface area contributed by atoms with E-state index in [4.69, 9.17) is 11.6 Å². The lowest BCUT2D eigenvalue weighted by atomic mass is 10.1. The molecule has 7 heteroatoms. The lowest BCUT2D eigenvalue weighted by Crippen LogP contribution is -2.42. The van der Waals surface area contributed by atoms with E-state index in [1.165, 1.54) is 12.8 Å². The molecule has 2 heterocycles. The van der Waals surface area contributed by atoms with Gasteiger partial charge in [-0.05, 0) is 32.3 Å². The zero-order valence-electron chi connectivity index (χ0n) is 15.4. The molecule has 1 unspecified atom stereocenters. The van der Waals surface area contributed by atoms with Crippen LogP contribution < -0.4 is 10.9 Å². The molecule has 0 aromatic carbocycles. The maximum absolute atomic E-state index is 12.6. The number of halogens is 1. The van der Waals surface area contributed by atoms with Crippen molar-refractivity contribution in [2.45, 2.75) is 70.9 Å². The first-order valence-electron chi connectivity index (χ1n) is 9.37. The van der Waals surface area contributed by atoms with Gasteiger partial charge >= 0.3 is 0 Å². The number of hydrogen-bond donors (Lipinski definition) is 2. The number of rotatable bonds is 3. The SMILES string of the molecule is Cc1[nH]c(=O)c(C(=O)NC2CC(=O)N(C3CCCCCC3)C2)c(C)c1Cl. The number of pyridine rings is 1. The number of amides is 2. The highest BCUT2D eigenvalue weighted by Crippen LogP contribution is 2.26. The van der Waals surface area contributed by atoms with Gasteiger partial charge < -0.3 is 15.2 Å². The van der Waals surface area contributed by atoms with Crippen molar-refractivity contribution in [2.75, 3.05) is 6.54 Å². The lowest BCUT2D eigenvalue weighted by molar-refractivity contribution is -0.129. The number of nitrogens with one attached hydrogen (secondary N) is 2. The molecule has 2 amide bonds. The zero-order valence-corrected chi connectivity index (χ0v) is 16.1. The highest BCUT2D eigenvalue weighted by Gasteiger charge is 2.35. The van der Waals surface area contributed by atoms with Crippen LogP contribution in [-0.4, -0.2) is 40.3 Å². The second-order valence-corrected chi connectivity index (χ2v) is 7.84. The van der Waals surface area contributed by atoms with Crippen molar-refractivity contribution in [1.82, 2.24) is 15.2 Å². The smallest absolute Gasteiger partial charge is 0.261 e. The quantitative estimate of drug-likeness (QED) is 0.792. The van der Waals surface area contributed by atoms with Crippen LogP contribution in [0.1, 0.15) is 66.6 Å². The van der Waals surface area contributed by atoms with E-state index < -0.39 is 11.5 Å². The molecule has 26 heavy (non-hydrogen) atoms. The standard InChI is InChI=1S/C19H26ClN3O3/c1-11-16(18(25)21-12(2)17(11)20)19(26)22-13-9-15(24)23(10-13)14-7-5-3-4-6-8-14/h13-14H,3-10H2,1-2H3,(H,21,25)(H,22,26). The summed E-state index contributed by atoms with van der Waals surface area (Å²) in [6, 6.07) is 0.0167. The summed E-state index contributed by atoms with van der Waals surface area (Å²) in [5, 5.41) is 3.24. The molecule has 2 N–H and O–H groups in total. The van der Waals surface area contributed by atoms with Gasteiger partial charge in [-0.3, -0.25) is 14.4 Å². The minimum absolute atomic E-state index is 0.0287. The summed E-state index contributed by atoms with van der Waals surface area (Å²) in [4.78, 5) is 41.8. The third-order valence-corrected chi connectivity index (χ3v) is 6.11. The van der Waals surface area contributed by atoms with Gasteiger partial charge in [0.05, 0.1) is 11.1 Å². The Bertz CT molecular complexity index is 766. The molecule has 1 saturated carbocycles. The summed E-state index contributed by atoms with van der Waals surface area (Å²) in [5.74, 6) is -0.374. The number of aryl methyl sites for hydroxylation is 1. The number of carbonyl (C=O) groups is 2. The van der Waals surface area contributed by atoms with Crippen LogP contribution >= 0.6 is 11.6 Å². The van der Waals surface area contributed by atoms with Gasteiger partial charge in [-0.1, -0.05) is 37.3 Å². The van der Waals surface area contributed by atoms with Crippen molar-refractivity contribution < 1.29 is 9.59 Å². The highest BCUT2D eigenvalue weighted by atomic mass is 35.5. The molecule has 0 spiro atoms. The fourth-order valence-corrected chi connectivity index (χ4v) is 4.27. The van der Waals surface area contributed by atoms with Gasteiger partial charge in [-0.15, -0.1) is 0 Å². The number of aromatic amines is 1. The third kappa shape index (κ3) is 3.80. The lowest BCUT2D eigenvalue weighted by Gasteiger charge is -2.27. The summed E-state index contributed by atoms with van der Waals surface area (Å²) in [5.41, 5.74) is 0.587. The predicted octanol–water partition coefficient (Wildman–Crippen LogP) is 2.70. The largest absolute Gasteiger partial charge is 0.347 e. The molecule has 0 radical (unpaired) electrons. The monoisotopic (exact) mass is 379 g/mol. The summed E-state index contributed by atoms with van der Waals surface area (Å²) in [7, 11) is 0. The molecule has 3 rings (SSSR count). The molecule has 6 nitrogen and oxygen atoms in total. The average molecular weight is 380 g/mol. The van der Waals surface area contributed by atoms with Crippen LogP contribution in [0.4, 0.5) is 0 Å². The van der Waals surface area contributed by atoms with E-state index in [0.29, 0.717) is 29.2 Å². The van der Waals surface area contributed by atoms with Gasteiger partial charge in [0.1, 0.15) is 5.56 Å². The molecule has 1 aliphatic heterocycles. The molecule has 2 aliphatic rings. The van der Waals surface area contributed by atoms with Crippen molar-refractivity contribution >= 4 is 23.4 Å². The maximum atomic E-state index is 12.6. The Morgan fingerprint density at radius 3 is 2.46 bits per heavy atom. The fraction of sp³-hybridized carbons (Fsp3) is 0.632. The van der Waals surface area contributed by atoms with Gasteiger partial charge in [0.25, 0.3) is 11.5 Å². The predicted molar refractivity (Wildman–Crippen MR) is 101 cm³/mol. The molecule has 0 bridgehead atoms. The maximum Gasteiger partial charge on any atom is 0.261 e. The molecule has 1 atom stereocenters. The van der Waals surface area contributed by atoms with Gasteiger partial charge in [0, 0.05) is 24.7 Å². The Labute approximate surface area is 158 Å². The normalized spacial score (nSPS) is 21.7. The van der Waals surface area contributed by atoms with Crippen LogP contribution in [0.15, 0.2) is 4.79 Å². The molecular weight excluding hydrogens is 354 g/mol. The van der Waals surface area contributed by atoms with Crippen LogP contribution in [0.25, 0.3) is 0 Å². The van der Waals surface area contributed by atoms with Gasteiger partial charge in [0.15, 0.2) is 0 Å². The first-order chi connectivity index (χ1) is 12.4. The number of hydrogen-bond acceptors (Lipinski definition) is 3. The zero-order chi connectivity index (χ0) is 18.8. The van der Waals surface area contributed by atoms with E-state index in [1.807, 2.05) is 4.90 Å². The third-order valence-electron chi connectivity index (χ3n) is 5.55. The van der Waals surface area contributed by atoms with Crippen molar-refractivity contribution in [3.05, 3.63) is 32.2 Å². The Kier molecular flexibility index (Phi) is 5.70. The van der Waals surface area contributed by atoms with E-state index in [9.17, 15) is 14.4 Å². The molecule has 142 valence electrons. The summed E-state index contributed by atoms with van der Waals surface area (Å²) in [6.45, 7) is 3.88. The van der Waals surface area contributed by atoms with Crippen molar-refractivity contribution in [1.29, 1.82) is 0 Å². The number of aromatic nitrogens is 1. The van der Waals surface area contributed by atoms with Crippen LogP contribution in [0.3, 0.4) is 0 Å². The van der Waals surface area contributed by atoms with Gasteiger partial charge in [-0.25, -0.2) is 0 Å². The fourth-order valence-electron chi connectivity index (χ4n) is 4.13. The second kappa shape index (κ2) is 7.82. The van der Waals surface area contributed by atoms with E-state index >= 15 is 0 Å². The molecule has 1 aliphatic carbocycles. The first kappa shape index (κ1) is 19.0. The number of likely N-dealkylation sites (tertiary alicyclic amines) is 1. The Morgan fingerprint density at radius 1 is 1.15 bits per heavy atom. The minimum atomic E-state index is -0.467. The topological polar surface area (TPSA) is 82.3 Å². The van der Waals surface area contributed by atoms with Gasteiger partial charge in [-0.2, -0.15) is 0 Å². The average Bonchev–Trinajstić information content (AvgIpc) is 2.79. The Hall–Kier alpha value is -1.82. The molecule has 2 fully saturated rings. The molecular formula is C19H26ClN3O3. The minimum Gasteiger partial charge on any atom is -0.347 e. The van der Waals surface area contributed by atoms with Gasteiger partial charge in [0.2, 0.25) is 5.91 Å². The van der Waals surface area contributed by atoms with Crippen LogP contribution in [0.2, 0.25) is 5.02 Å².